The second kappa shape index (κ2) is 6.19. The minimum Gasteiger partial charge on any atom is -0.490 e. The normalized spacial score (nSPS) is 15.3. The fourth-order valence-electron chi connectivity index (χ4n) is 2.50. The van der Waals surface area contributed by atoms with Gasteiger partial charge in [-0.2, -0.15) is 0 Å². The van der Waals surface area contributed by atoms with Crippen LogP contribution in [-0.4, -0.2) is 20.3 Å². The summed E-state index contributed by atoms with van der Waals surface area (Å²) in [6.45, 7) is 3.60. The summed E-state index contributed by atoms with van der Waals surface area (Å²) in [4.78, 5) is 0. The number of hydrogen-bond acceptors (Lipinski definition) is 3. The molecule has 0 amide bonds. The average molecular weight is 283 g/mol. The van der Waals surface area contributed by atoms with Crippen LogP contribution in [0.15, 0.2) is 42.5 Å². The smallest absolute Gasteiger partial charge is 0.161 e. The van der Waals surface area contributed by atoms with Gasteiger partial charge in [0.15, 0.2) is 11.5 Å². The first-order valence-corrected chi connectivity index (χ1v) is 7.45. The Balaban J connectivity index is 1.95. The molecule has 3 nitrogen and oxygen atoms in total. The molecule has 0 bridgehead atoms. The van der Waals surface area contributed by atoms with Crippen LogP contribution in [0.2, 0.25) is 0 Å². The molecule has 3 heteroatoms. The van der Waals surface area contributed by atoms with Crippen LogP contribution >= 0.6 is 0 Å². The van der Waals surface area contributed by atoms with Gasteiger partial charge in [-0.15, -0.1) is 0 Å². The molecule has 21 heavy (non-hydrogen) atoms. The van der Waals surface area contributed by atoms with E-state index in [4.69, 9.17) is 9.47 Å². The summed E-state index contributed by atoms with van der Waals surface area (Å²) >= 11 is 0. The van der Waals surface area contributed by atoms with Crippen LogP contribution in [0.3, 0.4) is 0 Å². The summed E-state index contributed by atoms with van der Waals surface area (Å²) < 4.78 is 11.5. The second-order valence-electron chi connectivity index (χ2n) is 5.35. The molecule has 0 saturated carbocycles. The highest BCUT2D eigenvalue weighted by Gasteiger charge is 2.12. The van der Waals surface area contributed by atoms with E-state index < -0.39 is 0 Å². The largest absolute Gasteiger partial charge is 0.490 e. The molecule has 1 atom stereocenters. The third-order valence-electron chi connectivity index (χ3n) is 3.90. The van der Waals surface area contributed by atoms with Crippen molar-refractivity contribution in [2.24, 2.45) is 0 Å². The Morgan fingerprint density at radius 1 is 0.952 bits per heavy atom. The van der Waals surface area contributed by atoms with Gasteiger partial charge < -0.3 is 14.8 Å². The maximum atomic E-state index is 5.77. The SMILES string of the molecule is CNC(C)c1cccc(-c2ccc3c(c2)OCCCO3)c1. The molecule has 0 aliphatic carbocycles. The van der Waals surface area contributed by atoms with Crippen LogP contribution < -0.4 is 14.8 Å². The zero-order valence-electron chi connectivity index (χ0n) is 12.6. The van der Waals surface area contributed by atoms with Gasteiger partial charge in [0, 0.05) is 12.5 Å². The fraction of sp³-hybridized carbons (Fsp3) is 0.333. The standard InChI is InChI=1S/C18H21NO2/c1-13(19-2)14-5-3-6-15(11-14)16-7-8-17-18(12-16)21-10-4-9-20-17/h3,5-8,11-13,19H,4,9-10H2,1-2H3. The Bertz CT molecular complexity index is 624. The van der Waals surface area contributed by atoms with Crippen molar-refractivity contribution in [2.45, 2.75) is 19.4 Å². The van der Waals surface area contributed by atoms with Crippen LogP contribution in [-0.2, 0) is 0 Å². The van der Waals surface area contributed by atoms with E-state index in [9.17, 15) is 0 Å². The Labute approximate surface area is 125 Å². The van der Waals surface area contributed by atoms with Gasteiger partial charge in [0.05, 0.1) is 13.2 Å². The molecule has 0 spiro atoms. The zero-order chi connectivity index (χ0) is 14.7. The minimum atomic E-state index is 0.338. The quantitative estimate of drug-likeness (QED) is 0.929. The van der Waals surface area contributed by atoms with Gasteiger partial charge in [-0.3, -0.25) is 0 Å². The highest BCUT2D eigenvalue weighted by molar-refractivity contribution is 5.68. The van der Waals surface area contributed by atoms with Crippen molar-refractivity contribution in [3.05, 3.63) is 48.0 Å². The van der Waals surface area contributed by atoms with Gasteiger partial charge in [-0.25, -0.2) is 0 Å². The van der Waals surface area contributed by atoms with Crippen molar-refractivity contribution < 1.29 is 9.47 Å². The molecule has 1 unspecified atom stereocenters. The molecule has 110 valence electrons. The third kappa shape index (κ3) is 3.03. The highest BCUT2D eigenvalue weighted by atomic mass is 16.5. The van der Waals surface area contributed by atoms with Gasteiger partial charge in [0.25, 0.3) is 0 Å². The number of benzene rings is 2. The molecule has 0 radical (unpaired) electrons. The number of ether oxygens (including phenoxy) is 2. The lowest BCUT2D eigenvalue weighted by molar-refractivity contribution is 0.297. The molecule has 2 aromatic carbocycles. The predicted molar refractivity (Wildman–Crippen MR) is 85.0 cm³/mol. The lowest BCUT2D eigenvalue weighted by atomic mass is 10.00. The molecular weight excluding hydrogens is 262 g/mol. The van der Waals surface area contributed by atoms with Crippen molar-refractivity contribution in [3.8, 4) is 22.6 Å². The van der Waals surface area contributed by atoms with Crippen LogP contribution in [0.5, 0.6) is 11.5 Å². The minimum absolute atomic E-state index is 0.338. The Morgan fingerprint density at radius 2 is 1.71 bits per heavy atom. The molecule has 1 N–H and O–H groups in total. The zero-order valence-corrected chi connectivity index (χ0v) is 12.6. The van der Waals surface area contributed by atoms with Crippen molar-refractivity contribution in [1.82, 2.24) is 5.32 Å². The van der Waals surface area contributed by atoms with E-state index in [2.05, 4.69) is 48.6 Å². The average Bonchev–Trinajstić information content (AvgIpc) is 2.78. The summed E-state index contributed by atoms with van der Waals surface area (Å²) in [6.07, 6.45) is 0.930. The van der Waals surface area contributed by atoms with Gasteiger partial charge in [0.1, 0.15) is 0 Å². The van der Waals surface area contributed by atoms with Gasteiger partial charge in [0.2, 0.25) is 0 Å². The first-order chi connectivity index (χ1) is 10.3. The first-order valence-electron chi connectivity index (χ1n) is 7.45. The maximum absolute atomic E-state index is 5.77. The molecule has 3 rings (SSSR count). The van der Waals surface area contributed by atoms with Crippen LogP contribution in [0.4, 0.5) is 0 Å². The molecule has 0 saturated heterocycles. The van der Waals surface area contributed by atoms with E-state index in [1.807, 2.05) is 13.1 Å². The van der Waals surface area contributed by atoms with Gasteiger partial charge in [-0.05, 0) is 48.9 Å². The molecule has 2 aromatic rings. The lowest BCUT2D eigenvalue weighted by Crippen LogP contribution is -2.12. The third-order valence-corrected chi connectivity index (χ3v) is 3.90. The number of rotatable bonds is 3. The van der Waals surface area contributed by atoms with E-state index in [0.29, 0.717) is 12.6 Å². The predicted octanol–water partition coefficient (Wildman–Crippen LogP) is 3.80. The van der Waals surface area contributed by atoms with Crippen molar-refractivity contribution in [2.75, 3.05) is 20.3 Å². The van der Waals surface area contributed by atoms with Crippen LogP contribution in [0.25, 0.3) is 11.1 Å². The number of fused-ring (bicyclic) bond motifs is 1. The first kappa shape index (κ1) is 14.0. The summed E-state index contributed by atoms with van der Waals surface area (Å²) in [6, 6.07) is 15.1. The van der Waals surface area contributed by atoms with E-state index >= 15 is 0 Å². The van der Waals surface area contributed by atoms with Crippen LogP contribution in [0, 0.1) is 0 Å². The van der Waals surface area contributed by atoms with E-state index in [1.165, 1.54) is 11.1 Å². The van der Waals surface area contributed by atoms with E-state index in [0.717, 1.165) is 30.1 Å². The Kier molecular flexibility index (Phi) is 4.11. The summed E-state index contributed by atoms with van der Waals surface area (Å²) in [5.74, 6) is 1.69. The fourth-order valence-corrected chi connectivity index (χ4v) is 2.50. The summed E-state index contributed by atoms with van der Waals surface area (Å²) in [7, 11) is 1.98. The van der Waals surface area contributed by atoms with Crippen molar-refractivity contribution in [1.29, 1.82) is 0 Å². The molecule has 1 aliphatic rings. The molecular formula is C18H21NO2. The Morgan fingerprint density at radius 3 is 2.52 bits per heavy atom. The molecule has 0 aromatic heterocycles. The van der Waals surface area contributed by atoms with Crippen molar-refractivity contribution in [3.63, 3.8) is 0 Å². The molecule has 1 heterocycles. The molecule has 1 aliphatic heterocycles. The Hall–Kier alpha value is -2.00. The number of hydrogen-bond donors (Lipinski definition) is 1. The lowest BCUT2D eigenvalue weighted by Gasteiger charge is -2.13. The molecule has 0 fully saturated rings. The highest BCUT2D eigenvalue weighted by Crippen LogP contribution is 2.34. The topological polar surface area (TPSA) is 30.5 Å². The summed E-state index contributed by atoms with van der Waals surface area (Å²) in [5, 5.41) is 3.27. The maximum Gasteiger partial charge on any atom is 0.161 e. The van der Waals surface area contributed by atoms with Gasteiger partial charge in [-0.1, -0.05) is 24.3 Å². The monoisotopic (exact) mass is 283 g/mol. The number of nitrogens with one attached hydrogen (secondary N) is 1. The van der Waals surface area contributed by atoms with E-state index in [-0.39, 0.29) is 0 Å². The van der Waals surface area contributed by atoms with Crippen molar-refractivity contribution >= 4 is 0 Å². The van der Waals surface area contributed by atoms with Crippen LogP contribution in [0.1, 0.15) is 24.9 Å². The second-order valence-corrected chi connectivity index (χ2v) is 5.35. The van der Waals surface area contributed by atoms with Gasteiger partial charge >= 0.3 is 0 Å². The van der Waals surface area contributed by atoms with E-state index in [1.54, 1.807) is 0 Å². The summed E-state index contributed by atoms with van der Waals surface area (Å²) in [5.41, 5.74) is 3.64.